The fraction of sp³-hybridized carbons (Fsp3) is 0.300. The van der Waals surface area contributed by atoms with Gasteiger partial charge in [-0.05, 0) is 43.4 Å². The van der Waals surface area contributed by atoms with Crippen LogP contribution in [0.1, 0.15) is 36.2 Å². The molecule has 4 rings (SSSR count). The third-order valence-corrected chi connectivity index (χ3v) is 4.88. The maximum Gasteiger partial charge on any atom is 0.394 e. The van der Waals surface area contributed by atoms with Gasteiger partial charge in [0.25, 0.3) is 0 Å². The van der Waals surface area contributed by atoms with E-state index in [1.54, 1.807) is 0 Å². The molecule has 27 heavy (non-hydrogen) atoms. The quantitative estimate of drug-likeness (QED) is 0.512. The molecule has 7 heteroatoms. The Morgan fingerprint density at radius 2 is 1.70 bits per heavy atom. The van der Waals surface area contributed by atoms with Crippen molar-refractivity contribution >= 4 is 21.3 Å². The zero-order valence-corrected chi connectivity index (χ0v) is 15.9. The summed E-state index contributed by atoms with van der Waals surface area (Å²) in [7, 11) is -4.67. The van der Waals surface area contributed by atoms with Crippen molar-refractivity contribution in [3.63, 3.8) is 0 Å². The lowest BCUT2D eigenvalue weighted by Crippen LogP contribution is -2.36. The summed E-state index contributed by atoms with van der Waals surface area (Å²) in [6.07, 6.45) is 3.47. The summed E-state index contributed by atoms with van der Waals surface area (Å²) in [5.74, 6) is 0. The predicted molar refractivity (Wildman–Crippen MR) is 106 cm³/mol. The standard InChI is InChI=1S/C20H22N2.H2O4S/c1-14(15-7-3-2-4-8-15)21-16-11-12-20-18(13-16)17-9-5-6-10-19(17)22-20;1-5(2,3)4/h2-10,14,16,21-22H,11-13H2,1H3;(H2,1,2,3,4)/t14?,16-;/m1./s1. The van der Waals surface area contributed by atoms with Crippen LogP contribution in [-0.4, -0.2) is 28.5 Å². The van der Waals surface area contributed by atoms with Crippen molar-refractivity contribution in [3.05, 3.63) is 71.4 Å². The summed E-state index contributed by atoms with van der Waals surface area (Å²) < 4.78 is 31.6. The number of fused-ring (bicyclic) bond motifs is 3. The van der Waals surface area contributed by atoms with E-state index in [1.807, 2.05) is 0 Å². The number of aromatic amines is 1. The Morgan fingerprint density at radius 1 is 1.07 bits per heavy atom. The Labute approximate surface area is 159 Å². The van der Waals surface area contributed by atoms with E-state index in [1.165, 1.54) is 34.1 Å². The molecule has 0 fully saturated rings. The molecule has 6 nitrogen and oxygen atoms in total. The third kappa shape index (κ3) is 5.40. The van der Waals surface area contributed by atoms with Crippen LogP contribution in [0.4, 0.5) is 0 Å². The monoisotopic (exact) mass is 388 g/mol. The molecule has 1 heterocycles. The molecule has 2 aromatic carbocycles. The van der Waals surface area contributed by atoms with Crippen LogP contribution in [0, 0.1) is 0 Å². The number of nitrogens with one attached hydrogen (secondary N) is 2. The highest BCUT2D eigenvalue weighted by Crippen LogP contribution is 2.30. The molecular formula is C20H24N2O4S. The minimum Gasteiger partial charge on any atom is -0.358 e. The van der Waals surface area contributed by atoms with Crippen LogP contribution in [0.2, 0.25) is 0 Å². The zero-order chi connectivity index (χ0) is 19.4. The lowest BCUT2D eigenvalue weighted by atomic mass is 9.90. The first-order valence-electron chi connectivity index (χ1n) is 8.90. The zero-order valence-electron chi connectivity index (χ0n) is 15.1. The van der Waals surface area contributed by atoms with Gasteiger partial charge in [0.1, 0.15) is 0 Å². The number of hydrogen-bond acceptors (Lipinski definition) is 3. The highest BCUT2D eigenvalue weighted by molar-refractivity contribution is 7.79. The molecule has 0 saturated carbocycles. The first-order chi connectivity index (χ1) is 12.8. The Morgan fingerprint density at radius 3 is 2.41 bits per heavy atom. The fourth-order valence-corrected chi connectivity index (χ4v) is 3.70. The molecule has 0 amide bonds. The van der Waals surface area contributed by atoms with Gasteiger partial charge >= 0.3 is 10.4 Å². The van der Waals surface area contributed by atoms with Gasteiger partial charge in [-0.3, -0.25) is 9.11 Å². The van der Waals surface area contributed by atoms with Crippen molar-refractivity contribution in [2.45, 2.75) is 38.3 Å². The number of H-pyrrole nitrogens is 1. The van der Waals surface area contributed by atoms with Crippen LogP contribution >= 0.6 is 0 Å². The van der Waals surface area contributed by atoms with E-state index < -0.39 is 10.4 Å². The predicted octanol–water partition coefficient (Wildman–Crippen LogP) is 3.72. The fourth-order valence-electron chi connectivity index (χ4n) is 3.70. The number of rotatable bonds is 3. The first kappa shape index (κ1) is 19.6. The molecule has 0 saturated heterocycles. The van der Waals surface area contributed by atoms with Crippen LogP contribution in [-0.2, 0) is 23.2 Å². The summed E-state index contributed by atoms with van der Waals surface area (Å²) in [4.78, 5) is 3.59. The van der Waals surface area contributed by atoms with Gasteiger partial charge in [-0.2, -0.15) is 8.42 Å². The van der Waals surface area contributed by atoms with E-state index in [9.17, 15) is 0 Å². The van der Waals surface area contributed by atoms with E-state index in [-0.39, 0.29) is 0 Å². The molecule has 0 radical (unpaired) electrons. The van der Waals surface area contributed by atoms with Crippen molar-refractivity contribution in [2.24, 2.45) is 0 Å². The molecule has 0 spiro atoms. The summed E-state index contributed by atoms with van der Waals surface area (Å²) in [5, 5.41) is 5.22. The second kappa shape index (κ2) is 8.22. The number of benzene rings is 2. The normalized spacial score (nSPS) is 17.7. The van der Waals surface area contributed by atoms with Crippen LogP contribution < -0.4 is 5.32 Å². The second-order valence-electron chi connectivity index (χ2n) is 6.81. The smallest absolute Gasteiger partial charge is 0.358 e. The van der Waals surface area contributed by atoms with Gasteiger partial charge in [0.05, 0.1) is 0 Å². The Bertz CT molecular complexity index is 991. The molecule has 1 aromatic heterocycles. The minimum absolute atomic E-state index is 0.401. The topological polar surface area (TPSA) is 102 Å². The molecule has 1 aliphatic carbocycles. The van der Waals surface area contributed by atoms with Gasteiger partial charge in [0.15, 0.2) is 0 Å². The van der Waals surface area contributed by atoms with Crippen LogP contribution in [0.3, 0.4) is 0 Å². The molecule has 144 valence electrons. The third-order valence-electron chi connectivity index (χ3n) is 4.88. The lowest BCUT2D eigenvalue weighted by Gasteiger charge is -2.27. The molecular weight excluding hydrogens is 364 g/mol. The van der Waals surface area contributed by atoms with E-state index in [2.05, 4.69) is 71.8 Å². The number of para-hydroxylation sites is 1. The first-order valence-corrected chi connectivity index (χ1v) is 10.3. The maximum atomic E-state index is 8.74. The average Bonchev–Trinajstić information content (AvgIpc) is 2.99. The Hall–Kier alpha value is -2.19. The van der Waals surface area contributed by atoms with Gasteiger partial charge in [-0.15, -0.1) is 0 Å². The molecule has 3 aromatic rings. The Kier molecular flexibility index (Phi) is 5.96. The lowest BCUT2D eigenvalue weighted by molar-refractivity contribution is 0.381. The summed E-state index contributed by atoms with van der Waals surface area (Å²) in [5.41, 5.74) is 5.60. The van der Waals surface area contributed by atoms with Crippen molar-refractivity contribution in [2.75, 3.05) is 0 Å². The van der Waals surface area contributed by atoms with Gasteiger partial charge in [-0.25, -0.2) is 0 Å². The van der Waals surface area contributed by atoms with Crippen molar-refractivity contribution in [1.82, 2.24) is 10.3 Å². The van der Waals surface area contributed by atoms with Gasteiger partial charge in [0.2, 0.25) is 0 Å². The van der Waals surface area contributed by atoms with Crippen molar-refractivity contribution in [1.29, 1.82) is 0 Å². The largest absolute Gasteiger partial charge is 0.394 e. The second-order valence-corrected chi connectivity index (χ2v) is 7.71. The highest BCUT2D eigenvalue weighted by atomic mass is 32.3. The summed E-state index contributed by atoms with van der Waals surface area (Å²) in [6, 6.07) is 20.4. The highest BCUT2D eigenvalue weighted by Gasteiger charge is 2.23. The summed E-state index contributed by atoms with van der Waals surface area (Å²) >= 11 is 0. The SMILES string of the molecule is CC(N[C@@H]1CCc2[nH]c3ccccc3c2C1)c1ccccc1.O=S(=O)(O)O. The molecule has 1 aliphatic rings. The number of aromatic nitrogens is 1. The van der Waals surface area contributed by atoms with E-state index in [4.69, 9.17) is 17.5 Å². The number of hydrogen-bond donors (Lipinski definition) is 4. The van der Waals surface area contributed by atoms with E-state index >= 15 is 0 Å². The van der Waals surface area contributed by atoms with Crippen molar-refractivity contribution in [3.8, 4) is 0 Å². The Balaban J connectivity index is 0.000000376. The van der Waals surface area contributed by atoms with Crippen LogP contribution in [0.15, 0.2) is 54.6 Å². The molecule has 4 N–H and O–H groups in total. The molecule has 1 unspecified atom stereocenters. The average molecular weight is 388 g/mol. The summed E-state index contributed by atoms with van der Waals surface area (Å²) in [6.45, 7) is 2.26. The van der Waals surface area contributed by atoms with Crippen LogP contribution in [0.25, 0.3) is 10.9 Å². The molecule has 0 bridgehead atoms. The van der Waals surface area contributed by atoms with Crippen molar-refractivity contribution < 1.29 is 17.5 Å². The minimum atomic E-state index is -4.67. The molecule has 2 atom stereocenters. The van der Waals surface area contributed by atoms with Gasteiger partial charge < -0.3 is 10.3 Å². The van der Waals surface area contributed by atoms with Crippen LogP contribution in [0.5, 0.6) is 0 Å². The molecule has 0 aliphatic heterocycles. The van der Waals surface area contributed by atoms with E-state index in [0.29, 0.717) is 12.1 Å². The van der Waals surface area contributed by atoms with Gasteiger partial charge in [-0.1, -0.05) is 48.5 Å². The maximum absolute atomic E-state index is 8.74. The van der Waals surface area contributed by atoms with E-state index in [0.717, 1.165) is 12.8 Å². The number of aryl methyl sites for hydroxylation is 1. The van der Waals surface area contributed by atoms with Gasteiger partial charge in [0, 0.05) is 28.7 Å².